The molecule has 8 heteroatoms. The fraction of sp³-hybridized carbons (Fsp3) is 0.857. The Morgan fingerprint density at radius 2 is 1.68 bits per heavy atom. The van der Waals surface area contributed by atoms with Crippen LogP contribution >= 0.6 is 0 Å². The van der Waals surface area contributed by atoms with E-state index in [4.69, 9.17) is 13.5 Å². The van der Waals surface area contributed by atoms with Crippen LogP contribution in [-0.2, 0) is 29.4 Å². The van der Waals surface area contributed by atoms with E-state index in [-0.39, 0.29) is 5.25 Å². The molecule has 0 rings (SSSR count). The van der Waals surface area contributed by atoms with E-state index in [9.17, 15) is 14.7 Å². The number of hydrogen-bond donors (Lipinski definition) is 2. The molecule has 0 bridgehead atoms. The molecule has 0 saturated heterocycles. The quantitative estimate of drug-likeness (QED) is 0.492. The Morgan fingerprint density at radius 3 is 2.05 bits per heavy atom. The molecule has 1 unspecified atom stereocenters. The lowest BCUT2D eigenvalue weighted by Gasteiger charge is -2.26. The fourth-order valence-corrected chi connectivity index (χ4v) is 3.31. The minimum absolute atomic E-state index is 0.119. The molecule has 0 aromatic rings. The average Bonchev–Trinajstić information content (AvgIpc) is 2.45. The summed E-state index contributed by atoms with van der Waals surface area (Å²) in [5.41, 5.74) is 0. The van der Waals surface area contributed by atoms with Crippen molar-refractivity contribution in [3.63, 3.8) is 0 Å². The van der Waals surface area contributed by atoms with Crippen molar-refractivity contribution in [2.45, 2.75) is 51.8 Å². The summed E-state index contributed by atoms with van der Waals surface area (Å²) in [6.45, 7) is 9.71. The van der Waals surface area contributed by atoms with Crippen LogP contribution < -0.4 is 0 Å². The topological polar surface area (TPSA) is 96.3 Å². The van der Waals surface area contributed by atoms with Crippen LogP contribution in [0.2, 0.25) is 0 Å². The summed E-state index contributed by atoms with van der Waals surface area (Å²) >= 11 is -0.613. The predicted octanol–water partition coefficient (Wildman–Crippen LogP) is 1.54. The highest BCUT2D eigenvalue weighted by atomic mass is 32.2. The molecule has 0 fully saturated rings. The third-order valence-electron chi connectivity index (χ3n) is 3.12. The molecule has 0 aliphatic heterocycles. The maximum Gasteiger partial charge on any atom is 0.321 e. The molecular formula is C14H28NO6S+. The van der Waals surface area contributed by atoms with Crippen molar-refractivity contribution in [2.75, 3.05) is 26.3 Å². The number of aliphatic carboxylic acids is 2. The molecule has 130 valence electrons. The largest absolute Gasteiger partial charge is 0.481 e. The molecule has 0 aliphatic rings. The Morgan fingerprint density at radius 1 is 1.14 bits per heavy atom. The van der Waals surface area contributed by atoms with E-state index in [1.54, 1.807) is 4.90 Å². The van der Waals surface area contributed by atoms with E-state index in [1.165, 1.54) is 0 Å². The monoisotopic (exact) mass is 338 g/mol. The summed E-state index contributed by atoms with van der Waals surface area (Å²) in [5, 5.41) is 18.2. The molecule has 0 aliphatic carbocycles. The Bertz CT molecular complexity index is 335. The highest BCUT2D eigenvalue weighted by Crippen LogP contribution is 2.16. The zero-order chi connectivity index (χ0) is 17.1. The van der Waals surface area contributed by atoms with E-state index in [0.717, 1.165) is 0 Å². The van der Waals surface area contributed by atoms with Gasteiger partial charge in [-0.3, -0.25) is 14.5 Å². The van der Waals surface area contributed by atoms with Gasteiger partial charge in [0.05, 0.1) is 6.42 Å². The van der Waals surface area contributed by atoms with Crippen molar-refractivity contribution in [3.05, 3.63) is 0 Å². The Kier molecular flexibility index (Phi) is 11.3. The lowest BCUT2D eigenvalue weighted by Crippen LogP contribution is -2.44. The second kappa shape index (κ2) is 11.7. The molecule has 22 heavy (non-hydrogen) atoms. The first kappa shape index (κ1) is 21.2. The van der Waals surface area contributed by atoms with E-state index in [0.29, 0.717) is 32.7 Å². The van der Waals surface area contributed by atoms with Gasteiger partial charge in [0.1, 0.15) is 19.3 Å². The highest BCUT2D eigenvalue weighted by molar-refractivity contribution is 7.88. The van der Waals surface area contributed by atoms with Crippen LogP contribution in [0, 0.1) is 0 Å². The van der Waals surface area contributed by atoms with Crippen LogP contribution in [0.3, 0.4) is 0 Å². The van der Waals surface area contributed by atoms with Gasteiger partial charge < -0.3 is 10.2 Å². The first-order chi connectivity index (χ1) is 10.4. The maximum atomic E-state index is 11.3. The lowest BCUT2D eigenvalue weighted by atomic mass is 10.1. The Balaban J connectivity index is 4.64. The minimum atomic E-state index is -1.11. The smallest absolute Gasteiger partial charge is 0.321 e. The van der Waals surface area contributed by atoms with E-state index >= 15 is 0 Å². The molecule has 0 spiro atoms. The zero-order valence-electron chi connectivity index (χ0n) is 13.8. The maximum absolute atomic E-state index is 11.3. The third-order valence-corrected chi connectivity index (χ3v) is 4.95. The standard InChI is InChI=1S/C14H27NO6S/c1-5-15(12(14(18)19)10-13(16)17)9-8-11(4)22(20-6-2)21-7-3/h11-12H,5-10H2,1-4H3,(H-,16,17,18,19)/p+1/t11?,12-/m0/s1. The molecule has 0 aromatic carbocycles. The van der Waals surface area contributed by atoms with Gasteiger partial charge in [-0.1, -0.05) is 6.92 Å². The minimum Gasteiger partial charge on any atom is -0.481 e. The van der Waals surface area contributed by atoms with Crippen LogP contribution in [-0.4, -0.2) is 64.6 Å². The van der Waals surface area contributed by atoms with Gasteiger partial charge >= 0.3 is 23.4 Å². The molecule has 2 atom stereocenters. The van der Waals surface area contributed by atoms with Crippen LogP contribution in [0.15, 0.2) is 0 Å². The first-order valence-corrected chi connectivity index (χ1v) is 8.69. The molecular weight excluding hydrogens is 310 g/mol. The van der Waals surface area contributed by atoms with E-state index < -0.39 is 35.9 Å². The first-order valence-electron chi connectivity index (χ1n) is 7.55. The molecule has 2 N–H and O–H groups in total. The van der Waals surface area contributed by atoms with E-state index in [1.807, 2.05) is 27.7 Å². The van der Waals surface area contributed by atoms with Crippen molar-refractivity contribution in [3.8, 4) is 0 Å². The summed E-state index contributed by atoms with van der Waals surface area (Å²) in [4.78, 5) is 23.8. The van der Waals surface area contributed by atoms with Crippen LogP contribution in [0.25, 0.3) is 0 Å². The van der Waals surface area contributed by atoms with Gasteiger partial charge in [0.2, 0.25) is 0 Å². The molecule has 0 saturated carbocycles. The van der Waals surface area contributed by atoms with Crippen LogP contribution in [0.1, 0.15) is 40.5 Å². The Labute approximate surface area is 135 Å². The van der Waals surface area contributed by atoms with Gasteiger partial charge in [-0.2, -0.15) is 0 Å². The summed E-state index contributed by atoms with van der Waals surface area (Å²) in [6.07, 6.45) is 0.278. The SMILES string of the molecule is CCO[S+](OCC)C(C)CCN(CC)[C@@H](CC(=O)O)C(=O)O. The van der Waals surface area contributed by atoms with Crippen molar-refractivity contribution < 1.29 is 28.2 Å². The average molecular weight is 338 g/mol. The third kappa shape index (κ3) is 7.98. The summed E-state index contributed by atoms with van der Waals surface area (Å²) in [7, 11) is 0. The number of rotatable bonds is 13. The number of carbonyl (C=O) groups is 2. The molecule has 0 amide bonds. The lowest BCUT2D eigenvalue weighted by molar-refractivity contribution is -0.149. The van der Waals surface area contributed by atoms with Gasteiger partial charge in [0.25, 0.3) is 0 Å². The second-order valence-corrected chi connectivity index (χ2v) is 6.55. The van der Waals surface area contributed by atoms with Crippen molar-refractivity contribution in [1.82, 2.24) is 4.90 Å². The van der Waals surface area contributed by atoms with Crippen LogP contribution in [0.5, 0.6) is 0 Å². The van der Waals surface area contributed by atoms with Crippen LogP contribution in [0.4, 0.5) is 0 Å². The normalized spacial score (nSPS) is 14.3. The number of carboxylic acid groups (broad SMARTS) is 2. The van der Waals surface area contributed by atoms with Gasteiger partial charge in [0.15, 0.2) is 5.25 Å². The summed E-state index contributed by atoms with van der Waals surface area (Å²) in [6, 6.07) is -1.00. The van der Waals surface area contributed by atoms with Gasteiger partial charge in [-0.05, 0) is 27.3 Å². The number of hydrogen-bond acceptors (Lipinski definition) is 5. The van der Waals surface area contributed by atoms with Crippen molar-refractivity contribution in [2.24, 2.45) is 0 Å². The fourth-order valence-electron chi connectivity index (χ4n) is 2.01. The number of nitrogens with zero attached hydrogens (tertiary/aromatic N) is 1. The van der Waals surface area contributed by atoms with Crippen molar-refractivity contribution in [1.29, 1.82) is 0 Å². The molecule has 7 nitrogen and oxygen atoms in total. The summed E-state index contributed by atoms with van der Waals surface area (Å²) in [5.74, 6) is -2.21. The molecule has 0 heterocycles. The highest BCUT2D eigenvalue weighted by Gasteiger charge is 2.33. The van der Waals surface area contributed by atoms with E-state index in [2.05, 4.69) is 0 Å². The Hall–Kier alpha value is -0.830. The van der Waals surface area contributed by atoms with Gasteiger partial charge in [0, 0.05) is 13.0 Å². The number of likely N-dealkylation sites (N-methyl/N-ethyl adjacent to an activating group) is 1. The predicted molar refractivity (Wildman–Crippen MR) is 85.6 cm³/mol. The summed E-state index contributed by atoms with van der Waals surface area (Å²) < 4.78 is 11.1. The van der Waals surface area contributed by atoms with Gasteiger partial charge in [-0.25, -0.2) is 0 Å². The molecule has 0 radical (unpaired) electrons. The number of carboxylic acids is 2. The molecule has 0 aromatic heterocycles. The second-order valence-electron chi connectivity index (χ2n) is 4.75. The zero-order valence-corrected chi connectivity index (χ0v) is 14.6. The van der Waals surface area contributed by atoms with Gasteiger partial charge in [-0.15, -0.1) is 8.37 Å². The van der Waals surface area contributed by atoms with Crippen molar-refractivity contribution >= 4 is 23.4 Å².